The number of alkyl halides is 3. The van der Waals surface area contributed by atoms with E-state index in [1.165, 1.54) is 12.1 Å². The van der Waals surface area contributed by atoms with Gasteiger partial charge in [0.25, 0.3) is 0 Å². The van der Waals surface area contributed by atoms with Gasteiger partial charge in [0, 0.05) is 0 Å². The maximum Gasteiger partial charge on any atom is 0.416 e. The minimum atomic E-state index is -4.26. The van der Waals surface area contributed by atoms with Crippen molar-refractivity contribution in [3.63, 3.8) is 0 Å². The summed E-state index contributed by atoms with van der Waals surface area (Å²) in [6.45, 7) is 2.00. The fraction of sp³-hybridized carbons (Fsp3) is 0.200. The molecule has 0 saturated heterocycles. The molecule has 0 fully saturated rings. The van der Waals surface area contributed by atoms with Gasteiger partial charge >= 0.3 is 6.18 Å². The van der Waals surface area contributed by atoms with Crippen LogP contribution in [0.15, 0.2) is 48.5 Å². The maximum absolute atomic E-state index is 12.4. The molecule has 0 aromatic heterocycles. The van der Waals surface area contributed by atoms with Crippen LogP contribution in [0.2, 0.25) is 0 Å². The molecule has 0 N–H and O–H groups in total. The number of rotatable bonds is 2. The third-order valence-electron chi connectivity index (χ3n) is 2.77. The molecule has 0 nitrogen and oxygen atoms in total. The van der Waals surface area contributed by atoms with Crippen LogP contribution in [0.3, 0.4) is 0 Å². The first kappa shape index (κ1) is 12.7. The van der Waals surface area contributed by atoms with Crippen LogP contribution in [-0.2, 0) is 12.6 Å². The largest absolute Gasteiger partial charge is 0.416 e. The lowest BCUT2D eigenvalue weighted by molar-refractivity contribution is -0.137. The van der Waals surface area contributed by atoms with Gasteiger partial charge in [0.1, 0.15) is 0 Å². The number of halogens is 3. The minimum Gasteiger partial charge on any atom is -0.166 e. The summed E-state index contributed by atoms with van der Waals surface area (Å²) in [5, 5.41) is 0. The van der Waals surface area contributed by atoms with Crippen LogP contribution in [0.5, 0.6) is 0 Å². The van der Waals surface area contributed by atoms with Crippen molar-refractivity contribution in [2.45, 2.75) is 19.5 Å². The predicted octanol–water partition coefficient (Wildman–Crippen LogP) is 4.60. The van der Waals surface area contributed by atoms with E-state index in [1.54, 1.807) is 0 Å². The zero-order valence-corrected chi connectivity index (χ0v) is 9.96. The summed E-state index contributed by atoms with van der Waals surface area (Å²) >= 11 is 0. The molecule has 3 heteroatoms. The molecule has 0 heterocycles. The first-order valence-electron chi connectivity index (χ1n) is 5.67. The van der Waals surface area contributed by atoms with Crippen molar-refractivity contribution < 1.29 is 13.2 Å². The average Bonchev–Trinajstić information content (AvgIpc) is 2.28. The summed E-state index contributed by atoms with van der Waals surface area (Å²) < 4.78 is 37.2. The molecular formula is C15H13F3. The van der Waals surface area contributed by atoms with Crippen molar-refractivity contribution in [2.24, 2.45) is 0 Å². The first-order valence-corrected chi connectivity index (χ1v) is 5.67. The third-order valence-corrected chi connectivity index (χ3v) is 2.77. The van der Waals surface area contributed by atoms with Crippen LogP contribution in [0.1, 0.15) is 22.3 Å². The highest BCUT2D eigenvalue weighted by atomic mass is 19.4. The smallest absolute Gasteiger partial charge is 0.166 e. The van der Waals surface area contributed by atoms with E-state index in [9.17, 15) is 13.2 Å². The van der Waals surface area contributed by atoms with Gasteiger partial charge in [-0.3, -0.25) is 0 Å². The molecule has 0 amide bonds. The van der Waals surface area contributed by atoms with Crippen LogP contribution < -0.4 is 0 Å². The Morgan fingerprint density at radius 3 is 2.11 bits per heavy atom. The van der Waals surface area contributed by atoms with Crippen LogP contribution in [0, 0.1) is 6.92 Å². The second-order valence-corrected chi connectivity index (χ2v) is 4.36. The lowest BCUT2D eigenvalue weighted by atomic mass is 10.0. The minimum absolute atomic E-state index is 0.601. The molecule has 2 aromatic rings. The highest BCUT2D eigenvalue weighted by Gasteiger charge is 2.29. The molecule has 2 aromatic carbocycles. The molecule has 0 spiro atoms. The molecule has 18 heavy (non-hydrogen) atoms. The Morgan fingerprint density at radius 1 is 0.889 bits per heavy atom. The van der Waals surface area contributed by atoms with Gasteiger partial charge in [-0.1, -0.05) is 42.0 Å². The van der Waals surface area contributed by atoms with Gasteiger partial charge in [0.2, 0.25) is 0 Å². The van der Waals surface area contributed by atoms with Gasteiger partial charge in [-0.15, -0.1) is 0 Å². The Morgan fingerprint density at radius 2 is 1.56 bits per heavy atom. The molecule has 0 atom stereocenters. The van der Waals surface area contributed by atoms with Crippen molar-refractivity contribution in [3.05, 3.63) is 70.8 Å². The van der Waals surface area contributed by atoms with E-state index >= 15 is 0 Å². The molecule has 0 radical (unpaired) electrons. The average molecular weight is 250 g/mol. The highest BCUT2D eigenvalue weighted by molar-refractivity contribution is 5.31. The van der Waals surface area contributed by atoms with Crippen molar-refractivity contribution in [2.75, 3.05) is 0 Å². The van der Waals surface area contributed by atoms with Gasteiger partial charge in [0.15, 0.2) is 0 Å². The lowest BCUT2D eigenvalue weighted by Crippen LogP contribution is -2.04. The van der Waals surface area contributed by atoms with Crippen molar-refractivity contribution in [1.29, 1.82) is 0 Å². The normalized spacial score (nSPS) is 11.6. The summed E-state index contributed by atoms with van der Waals surface area (Å²) in [6, 6.07) is 13.3. The molecular weight excluding hydrogens is 237 g/mol. The van der Waals surface area contributed by atoms with E-state index < -0.39 is 11.7 Å². The fourth-order valence-corrected chi connectivity index (χ4v) is 1.87. The summed E-state index contributed by atoms with van der Waals surface area (Å²) in [4.78, 5) is 0. The van der Waals surface area contributed by atoms with Crippen LogP contribution >= 0.6 is 0 Å². The van der Waals surface area contributed by atoms with Gasteiger partial charge in [-0.2, -0.15) is 13.2 Å². The molecule has 0 unspecified atom stereocenters. The zero-order valence-electron chi connectivity index (χ0n) is 9.96. The van der Waals surface area contributed by atoms with Gasteiger partial charge in [-0.05, 0) is 36.6 Å². The van der Waals surface area contributed by atoms with E-state index in [0.717, 1.165) is 28.8 Å². The maximum atomic E-state index is 12.4. The predicted molar refractivity (Wildman–Crippen MR) is 65.4 cm³/mol. The standard InChI is InChI=1S/C15H13F3/c1-11-3-2-4-13(9-11)10-12-5-7-14(8-6-12)15(16,17)18/h2-9H,10H2,1H3. The zero-order chi connectivity index (χ0) is 13.2. The number of aryl methyl sites for hydroxylation is 1. The Balaban J connectivity index is 2.16. The Bertz CT molecular complexity index is 524. The summed E-state index contributed by atoms with van der Waals surface area (Å²) in [7, 11) is 0. The monoisotopic (exact) mass is 250 g/mol. The summed E-state index contributed by atoms with van der Waals surface area (Å²) in [6.07, 6.45) is -3.61. The van der Waals surface area contributed by atoms with Gasteiger partial charge < -0.3 is 0 Å². The number of benzene rings is 2. The number of hydrogen-bond donors (Lipinski definition) is 0. The summed E-state index contributed by atoms with van der Waals surface area (Å²) in [5.74, 6) is 0. The van der Waals surface area contributed by atoms with Crippen LogP contribution in [0.4, 0.5) is 13.2 Å². The van der Waals surface area contributed by atoms with Crippen molar-refractivity contribution >= 4 is 0 Å². The molecule has 0 aliphatic carbocycles. The summed E-state index contributed by atoms with van der Waals surface area (Å²) in [5.41, 5.74) is 2.54. The van der Waals surface area contributed by atoms with E-state index in [2.05, 4.69) is 0 Å². The van der Waals surface area contributed by atoms with Gasteiger partial charge in [-0.25, -0.2) is 0 Å². The second-order valence-electron chi connectivity index (χ2n) is 4.36. The van der Waals surface area contributed by atoms with Crippen LogP contribution in [0.25, 0.3) is 0 Å². The molecule has 94 valence electrons. The van der Waals surface area contributed by atoms with Crippen molar-refractivity contribution in [3.8, 4) is 0 Å². The topological polar surface area (TPSA) is 0 Å². The molecule has 0 saturated carbocycles. The van der Waals surface area contributed by atoms with E-state index in [-0.39, 0.29) is 0 Å². The lowest BCUT2D eigenvalue weighted by Gasteiger charge is -2.08. The van der Waals surface area contributed by atoms with Gasteiger partial charge in [0.05, 0.1) is 5.56 Å². The molecule has 0 bridgehead atoms. The van der Waals surface area contributed by atoms with Crippen LogP contribution in [-0.4, -0.2) is 0 Å². The molecule has 0 aliphatic rings. The number of hydrogen-bond acceptors (Lipinski definition) is 0. The SMILES string of the molecule is Cc1cccc(Cc2ccc(C(F)(F)F)cc2)c1. The highest BCUT2D eigenvalue weighted by Crippen LogP contribution is 2.29. The Kier molecular flexibility index (Phi) is 3.41. The van der Waals surface area contributed by atoms with Crippen molar-refractivity contribution in [1.82, 2.24) is 0 Å². The third kappa shape index (κ3) is 3.13. The van der Waals surface area contributed by atoms with E-state index in [1.807, 2.05) is 31.2 Å². The quantitative estimate of drug-likeness (QED) is 0.730. The molecule has 0 aliphatic heterocycles. The van der Waals surface area contributed by atoms with E-state index in [4.69, 9.17) is 0 Å². The fourth-order valence-electron chi connectivity index (χ4n) is 1.87. The molecule has 2 rings (SSSR count). The van der Waals surface area contributed by atoms with E-state index in [0.29, 0.717) is 6.42 Å². The Hall–Kier alpha value is -1.77. The Labute approximate surface area is 104 Å². The second kappa shape index (κ2) is 4.84. The first-order chi connectivity index (χ1) is 8.45.